The highest BCUT2D eigenvalue weighted by molar-refractivity contribution is 5.92. The van der Waals surface area contributed by atoms with Crippen LogP contribution in [0.15, 0.2) is 54.7 Å². The Hall–Kier alpha value is -3.28. The Kier molecular flexibility index (Phi) is 5.53. The molecule has 6 heteroatoms. The largest absolute Gasteiger partial charge is 0.483 e. The monoisotopic (exact) mass is 352 g/mol. The number of nitrogens with one attached hydrogen (secondary N) is 2. The second-order valence-electron chi connectivity index (χ2n) is 5.74. The van der Waals surface area contributed by atoms with Crippen molar-refractivity contribution >= 4 is 22.8 Å². The Morgan fingerprint density at radius 1 is 1.08 bits per heavy atom. The van der Waals surface area contributed by atoms with E-state index in [4.69, 9.17) is 9.47 Å². The molecule has 0 aliphatic heterocycles. The number of rotatable bonds is 7. The summed E-state index contributed by atoms with van der Waals surface area (Å²) in [6, 6.07) is 14.7. The number of H-pyrrole nitrogens is 1. The first-order valence-corrected chi connectivity index (χ1v) is 8.31. The van der Waals surface area contributed by atoms with E-state index < -0.39 is 5.97 Å². The van der Waals surface area contributed by atoms with Crippen molar-refractivity contribution in [1.82, 2.24) is 10.3 Å². The summed E-state index contributed by atoms with van der Waals surface area (Å²) in [5.41, 5.74) is 2.52. The second-order valence-corrected chi connectivity index (χ2v) is 5.74. The number of aromatic nitrogens is 1. The fourth-order valence-electron chi connectivity index (χ4n) is 2.74. The van der Waals surface area contributed by atoms with E-state index in [1.54, 1.807) is 24.3 Å². The Labute approximate surface area is 151 Å². The average molecular weight is 352 g/mol. The van der Waals surface area contributed by atoms with Crippen molar-refractivity contribution in [2.45, 2.75) is 6.42 Å². The summed E-state index contributed by atoms with van der Waals surface area (Å²) in [7, 11) is 1.30. The zero-order valence-corrected chi connectivity index (χ0v) is 14.5. The van der Waals surface area contributed by atoms with Crippen LogP contribution in [0.5, 0.6) is 5.75 Å². The molecule has 134 valence electrons. The SMILES string of the molecule is COC(=O)c1ccccc1OCC(=O)NCCc1c[nH]c2ccccc12. The number of ether oxygens (including phenoxy) is 2. The van der Waals surface area contributed by atoms with E-state index in [1.165, 1.54) is 7.11 Å². The van der Waals surface area contributed by atoms with E-state index in [0.717, 1.165) is 16.5 Å². The normalized spacial score (nSPS) is 10.5. The molecule has 3 aromatic rings. The van der Waals surface area contributed by atoms with Crippen LogP contribution in [0.1, 0.15) is 15.9 Å². The fourth-order valence-corrected chi connectivity index (χ4v) is 2.74. The topological polar surface area (TPSA) is 80.4 Å². The number of fused-ring (bicyclic) bond motifs is 1. The van der Waals surface area contributed by atoms with E-state index in [2.05, 4.69) is 16.4 Å². The fraction of sp³-hybridized carbons (Fsp3) is 0.200. The zero-order chi connectivity index (χ0) is 18.4. The minimum Gasteiger partial charge on any atom is -0.483 e. The molecule has 0 radical (unpaired) electrons. The van der Waals surface area contributed by atoms with Crippen LogP contribution in [0, 0.1) is 0 Å². The third-order valence-corrected chi connectivity index (χ3v) is 4.04. The van der Waals surface area contributed by atoms with E-state index >= 15 is 0 Å². The zero-order valence-electron chi connectivity index (χ0n) is 14.5. The van der Waals surface area contributed by atoms with Gasteiger partial charge >= 0.3 is 5.97 Å². The van der Waals surface area contributed by atoms with Crippen molar-refractivity contribution in [2.24, 2.45) is 0 Å². The number of amides is 1. The lowest BCUT2D eigenvalue weighted by Crippen LogP contribution is -2.30. The van der Waals surface area contributed by atoms with Crippen LogP contribution >= 0.6 is 0 Å². The Balaban J connectivity index is 1.50. The summed E-state index contributed by atoms with van der Waals surface area (Å²) in [5, 5.41) is 3.98. The number of benzene rings is 2. The molecule has 0 saturated carbocycles. The van der Waals surface area contributed by atoms with Gasteiger partial charge in [0, 0.05) is 23.6 Å². The van der Waals surface area contributed by atoms with Crippen molar-refractivity contribution in [3.8, 4) is 5.75 Å². The molecule has 1 amide bonds. The van der Waals surface area contributed by atoms with Gasteiger partial charge in [0.25, 0.3) is 5.91 Å². The van der Waals surface area contributed by atoms with Crippen LogP contribution in [-0.4, -0.2) is 37.1 Å². The van der Waals surface area contributed by atoms with Crippen LogP contribution in [0.2, 0.25) is 0 Å². The van der Waals surface area contributed by atoms with Crippen LogP contribution in [0.3, 0.4) is 0 Å². The van der Waals surface area contributed by atoms with Gasteiger partial charge in [-0.1, -0.05) is 30.3 Å². The van der Waals surface area contributed by atoms with Crippen molar-refractivity contribution in [1.29, 1.82) is 0 Å². The second kappa shape index (κ2) is 8.20. The summed E-state index contributed by atoms with van der Waals surface area (Å²) in [5.74, 6) is -0.420. The molecule has 2 aromatic carbocycles. The van der Waals surface area contributed by atoms with Gasteiger partial charge in [-0.3, -0.25) is 4.79 Å². The predicted octanol–water partition coefficient (Wildman–Crippen LogP) is 2.69. The first-order valence-electron chi connectivity index (χ1n) is 8.31. The Bertz CT molecular complexity index is 917. The molecule has 0 aliphatic rings. The molecule has 0 atom stereocenters. The Morgan fingerprint density at radius 2 is 1.85 bits per heavy atom. The minimum absolute atomic E-state index is 0.165. The number of hydrogen-bond donors (Lipinski definition) is 2. The molecule has 0 spiro atoms. The van der Waals surface area contributed by atoms with E-state index in [-0.39, 0.29) is 12.5 Å². The number of para-hydroxylation sites is 2. The van der Waals surface area contributed by atoms with Crippen molar-refractivity contribution < 1.29 is 19.1 Å². The highest BCUT2D eigenvalue weighted by Crippen LogP contribution is 2.19. The van der Waals surface area contributed by atoms with E-state index in [0.29, 0.717) is 24.3 Å². The molecule has 3 rings (SSSR count). The maximum Gasteiger partial charge on any atom is 0.341 e. The lowest BCUT2D eigenvalue weighted by atomic mass is 10.1. The van der Waals surface area contributed by atoms with Gasteiger partial charge in [0.15, 0.2) is 6.61 Å². The van der Waals surface area contributed by atoms with Gasteiger partial charge in [-0.15, -0.1) is 0 Å². The van der Waals surface area contributed by atoms with Crippen LogP contribution in [-0.2, 0) is 16.0 Å². The van der Waals surface area contributed by atoms with Crippen molar-refractivity contribution in [2.75, 3.05) is 20.3 Å². The molecular formula is C20H20N2O4. The summed E-state index contributed by atoms with van der Waals surface area (Å²) >= 11 is 0. The lowest BCUT2D eigenvalue weighted by Gasteiger charge is -2.10. The summed E-state index contributed by atoms with van der Waals surface area (Å²) in [4.78, 5) is 26.9. The van der Waals surface area contributed by atoms with Crippen molar-refractivity contribution in [3.05, 3.63) is 65.9 Å². The number of carbonyl (C=O) groups excluding carboxylic acids is 2. The van der Waals surface area contributed by atoms with Gasteiger partial charge in [-0.05, 0) is 30.2 Å². The predicted molar refractivity (Wildman–Crippen MR) is 98.3 cm³/mol. The molecule has 0 fully saturated rings. The number of carbonyl (C=O) groups is 2. The Morgan fingerprint density at radius 3 is 2.69 bits per heavy atom. The first kappa shape index (κ1) is 17.5. The minimum atomic E-state index is -0.500. The number of esters is 1. The molecule has 0 bridgehead atoms. The maximum absolute atomic E-state index is 12.0. The quantitative estimate of drug-likeness (QED) is 0.641. The number of methoxy groups -OCH3 is 1. The van der Waals surface area contributed by atoms with Crippen LogP contribution in [0.4, 0.5) is 0 Å². The average Bonchev–Trinajstić information content (AvgIpc) is 3.09. The third-order valence-electron chi connectivity index (χ3n) is 4.04. The summed E-state index contributed by atoms with van der Waals surface area (Å²) < 4.78 is 10.2. The van der Waals surface area contributed by atoms with Gasteiger partial charge in [0.2, 0.25) is 0 Å². The summed E-state index contributed by atoms with van der Waals surface area (Å²) in [6.45, 7) is 0.338. The van der Waals surface area contributed by atoms with Gasteiger partial charge in [0.05, 0.1) is 7.11 Å². The van der Waals surface area contributed by atoms with Gasteiger partial charge in [0.1, 0.15) is 11.3 Å². The number of hydrogen-bond acceptors (Lipinski definition) is 4. The highest BCUT2D eigenvalue weighted by atomic mass is 16.5. The third kappa shape index (κ3) is 4.03. The molecule has 1 aromatic heterocycles. The van der Waals surface area contributed by atoms with Crippen LogP contribution < -0.4 is 10.1 Å². The van der Waals surface area contributed by atoms with Gasteiger partial charge < -0.3 is 19.8 Å². The molecule has 6 nitrogen and oxygen atoms in total. The molecule has 0 saturated heterocycles. The van der Waals surface area contributed by atoms with Gasteiger partial charge in [-0.25, -0.2) is 4.79 Å². The van der Waals surface area contributed by atoms with Crippen LogP contribution in [0.25, 0.3) is 10.9 Å². The smallest absolute Gasteiger partial charge is 0.341 e. The molecular weight excluding hydrogens is 332 g/mol. The summed E-state index contributed by atoms with van der Waals surface area (Å²) in [6.07, 6.45) is 2.68. The van der Waals surface area contributed by atoms with E-state index in [9.17, 15) is 9.59 Å². The highest BCUT2D eigenvalue weighted by Gasteiger charge is 2.13. The van der Waals surface area contributed by atoms with Crippen molar-refractivity contribution in [3.63, 3.8) is 0 Å². The first-order chi connectivity index (χ1) is 12.7. The molecule has 0 unspecified atom stereocenters. The van der Waals surface area contributed by atoms with Gasteiger partial charge in [-0.2, -0.15) is 0 Å². The molecule has 2 N–H and O–H groups in total. The standard InChI is InChI=1S/C20H20N2O4/c1-25-20(24)16-7-3-5-9-18(16)26-13-19(23)21-11-10-14-12-22-17-8-4-2-6-15(14)17/h2-9,12,22H,10-11,13H2,1H3,(H,21,23). The molecule has 26 heavy (non-hydrogen) atoms. The lowest BCUT2D eigenvalue weighted by molar-refractivity contribution is -0.123. The maximum atomic E-state index is 12.0. The number of aromatic amines is 1. The molecule has 1 heterocycles. The van der Waals surface area contributed by atoms with E-state index in [1.807, 2.05) is 24.4 Å². The molecule has 0 aliphatic carbocycles.